The summed E-state index contributed by atoms with van der Waals surface area (Å²) in [7, 11) is 0. The van der Waals surface area contributed by atoms with Gasteiger partial charge >= 0.3 is 0 Å². The lowest BCUT2D eigenvalue weighted by Crippen LogP contribution is -2.42. The van der Waals surface area contributed by atoms with Crippen molar-refractivity contribution in [1.82, 2.24) is 0 Å². The number of rotatable bonds is 2. The number of carbonyl (C=O) groups excluding carboxylic acids is 2. The fraction of sp³-hybridized carbons (Fsp3) is 0.500. The monoisotopic (exact) mass is 187 g/mol. The highest BCUT2D eigenvalue weighted by Gasteiger charge is 2.16. The first-order chi connectivity index (χ1) is 5.61. The van der Waals surface area contributed by atoms with Crippen LogP contribution in [0.3, 0.4) is 0 Å². The van der Waals surface area contributed by atoms with Crippen molar-refractivity contribution in [2.24, 2.45) is 4.99 Å². The molecule has 0 aliphatic carbocycles. The van der Waals surface area contributed by atoms with Gasteiger partial charge in [0.2, 0.25) is 0 Å². The maximum absolute atomic E-state index is 10.3. The van der Waals surface area contributed by atoms with Crippen molar-refractivity contribution in [3.8, 4) is 0 Å². The summed E-state index contributed by atoms with van der Waals surface area (Å²) in [5.41, 5.74) is -0.208. The number of hydrogen-bond acceptors (Lipinski definition) is 6. The molecule has 1 unspecified atom stereocenters. The number of carbonyl (C=O) groups is 2. The van der Waals surface area contributed by atoms with Gasteiger partial charge in [0.15, 0.2) is 0 Å². The summed E-state index contributed by atoms with van der Waals surface area (Å²) in [5.74, 6) is -2.29. The first-order valence-corrected chi connectivity index (χ1v) is 4.33. The predicted molar refractivity (Wildman–Crippen MR) is 38.6 cm³/mol. The van der Waals surface area contributed by atoms with Crippen molar-refractivity contribution in [2.45, 2.75) is 6.04 Å². The number of aliphatic carboxylic acids is 2. The highest BCUT2D eigenvalue weighted by molar-refractivity contribution is 8.00. The molecule has 5 nitrogen and oxygen atoms in total. The zero-order valence-electron chi connectivity index (χ0n) is 5.98. The highest BCUT2D eigenvalue weighted by atomic mass is 32.2. The van der Waals surface area contributed by atoms with Crippen LogP contribution >= 0.6 is 11.8 Å². The molecular formula is C6H5NO4S-2. The Morgan fingerprint density at radius 3 is 2.67 bits per heavy atom. The molecule has 0 amide bonds. The number of carboxylic acid groups (broad SMARTS) is 2. The third-order valence-corrected chi connectivity index (χ3v) is 2.36. The fourth-order valence-electron chi connectivity index (χ4n) is 0.762. The van der Waals surface area contributed by atoms with Crippen LogP contribution in [0.5, 0.6) is 0 Å². The Morgan fingerprint density at radius 1 is 1.50 bits per heavy atom. The molecule has 0 fully saturated rings. The summed E-state index contributed by atoms with van der Waals surface area (Å²) < 4.78 is 0. The second-order valence-electron chi connectivity index (χ2n) is 2.21. The van der Waals surface area contributed by atoms with Gasteiger partial charge in [-0.15, -0.1) is 0 Å². The lowest BCUT2D eigenvalue weighted by atomic mass is 10.3. The van der Waals surface area contributed by atoms with Crippen LogP contribution in [0.4, 0.5) is 0 Å². The molecule has 12 heavy (non-hydrogen) atoms. The molecular weight excluding hydrogens is 182 g/mol. The van der Waals surface area contributed by atoms with Gasteiger partial charge in [0.1, 0.15) is 0 Å². The third-order valence-electron chi connectivity index (χ3n) is 1.33. The molecule has 1 aliphatic rings. The number of carboxylic acids is 2. The summed E-state index contributed by atoms with van der Waals surface area (Å²) in [4.78, 5) is 24.0. The molecule has 6 heteroatoms. The van der Waals surface area contributed by atoms with Gasteiger partial charge in [0.25, 0.3) is 0 Å². The molecule has 0 aromatic heterocycles. The molecule has 0 radical (unpaired) electrons. The molecule has 0 N–H and O–H groups in total. The quantitative estimate of drug-likeness (QED) is 0.460. The summed E-state index contributed by atoms with van der Waals surface area (Å²) in [6, 6.07) is -1.04. The van der Waals surface area contributed by atoms with Gasteiger partial charge in [0.05, 0.1) is 23.7 Å². The van der Waals surface area contributed by atoms with Crippen LogP contribution in [0.1, 0.15) is 0 Å². The molecule has 66 valence electrons. The van der Waals surface area contributed by atoms with Crippen molar-refractivity contribution in [2.75, 3.05) is 11.5 Å². The number of nitrogens with zero attached hydrogens (tertiary/aromatic N) is 1. The van der Waals surface area contributed by atoms with Gasteiger partial charge in [-0.2, -0.15) is 11.8 Å². The van der Waals surface area contributed by atoms with Gasteiger partial charge in [-0.25, -0.2) is 0 Å². The molecule has 0 saturated carbocycles. The molecule has 1 aliphatic heterocycles. The van der Waals surface area contributed by atoms with Gasteiger partial charge in [-0.1, -0.05) is 0 Å². The van der Waals surface area contributed by atoms with E-state index in [0.717, 1.165) is 0 Å². The van der Waals surface area contributed by atoms with E-state index < -0.39 is 18.0 Å². The van der Waals surface area contributed by atoms with E-state index >= 15 is 0 Å². The summed E-state index contributed by atoms with van der Waals surface area (Å²) >= 11 is 1.20. The zero-order valence-corrected chi connectivity index (χ0v) is 6.80. The van der Waals surface area contributed by atoms with Gasteiger partial charge in [-0.05, 0) is 0 Å². The minimum Gasteiger partial charge on any atom is -0.548 e. The van der Waals surface area contributed by atoms with Crippen LogP contribution in [0.15, 0.2) is 4.99 Å². The van der Waals surface area contributed by atoms with E-state index in [1.54, 1.807) is 0 Å². The Morgan fingerprint density at radius 2 is 2.17 bits per heavy atom. The molecule has 0 bridgehead atoms. The summed E-state index contributed by atoms with van der Waals surface area (Å²) in [6.07, 6.45) is 0. The zero-order chi connectivity index (χ0) is 9.14. The molecule has 1 rings (SSSR count). The third kappa shape index (κ3) is 1.97. The molecule has 0 saturated heterocycles. The van der Waals surface area contributed by atoms with Crippen LogP contribution in [-0.4, -0.2) is 35.2 Å². The van der Waals surface area contributed by atoms with Gasteiger partial charge in [0, 0.05) is 11.5 Å². The largest absolute Gasteiger partial charge is 0.548 e. The van der Waals surface area contributed by atoms with E-state index in [1.807, 2.05) is 0 Å². The molecule has 0 aromatic rings. The van der Waals surface area contributed by atoms with Crippen LogP contribution in [0.2, 0.25) is 0 Å². The van der Waals surface area contributed by atoms with Crippen molar-refractivity contribution >= 4 is 29.4 Å². The van der Waals surface area contributed by atoms with Crippen molar-refractivity contribution in [3.05, 3.63) is 0 Å². The average molecular weight is 187 g/mol. The summed E-state index contributed by atoms with van der Waals surface area (Å²) in [5, 5.41) is 20.5. The Balaban J connectivity index is 2.76. The number of thioether (sulfide) groups is 1. The minimum absolute atomic E-state index is 0.201. The predicted octanol–water partition coefficient (Wildman–Crippen LogP) is -2.96. The van der Waals surface area contributed by atoms with Gasteiger partial charge in [-0.3, -0.25) is 4.99 Å². The maximum Gasteiger partial charge on any atom is 0.0987 e. The Labute approximate surface area is 72.5 Å². The lowest BCUT2D eigenvalue weighted by molar-refractivity contribution is -0.306. The van der Waals surface area contributed by atoms with E-state index in [4.69, 9.17) is 0 Å². The topological polar surface area (TPSA) is 92.6 Å². The average Bonchev–Trinajstić information content (AvgIpc) is 2.04. The molecule has 0 spiro atoms. The molecule has 1 atom stereocenters. The SMILES string of the molecule is O=C([O-])C1=NC(C(=O)[O-])CSC1. The van der Waals surface area contributed by atoms with E-state index in [1.165, 1.54) is 11.8 Å². The first-order valence-electron chi connectivity index (χ1n) is 3.18. The Hall–Kier alpha value is -1.04. The van der Waals surface area contributed by atoms with Crippen LogP contribution < -0.4 is 10.2 Å². The van der Waals surface area contributed by atoms with E-state index in [-0.39, 0.29) is 17.2 Å². The van der Waals surface area contributed by atoms with Crippen LogP contribution in [0, 0.1) is 0 Å². The lowest BCUT2D eigenvalue weighted by Gasteiger charge is -2.20. The minimum atomic E-state index is -1.41. The summed E-state index contributed by atoms with van der Waals surface area (Å²) in [6.45, 7) is 0. The Bertz CT molecular complexity index is 250. The standard InChI is InChI=1S/C6H7NO4S/c8-5(9)3-1-12-2-4(7-3)6(10)11/h3H,1-2H2,(H,8,9)(H,10,11)/p-2. The molecule has 1 heterocycles. The van der Waals surface area contributed by atoms with Crippen molar-refractivity contribution in [3.63, 3.8) is 0 Å². The van der Waals surface area contributed by atoms with Crippen molar-refractivity contribution < 1.29 is 19.8 Å². The second-order valence-corrected chi connectivity index (χ2v) is 3.24. The van der Waals surface area contributed by atoms with Crippen LogP contribution in [-0.2, 0) is 9.59 Å². The van der Waals surface area contributed by atoms with E-state index in [9.17, 15) is 19.8 Å². The van der Waals surface area contributed by atoms with Crippen LogP contribution in [0.25, 0.3) is 0 Å². The highest BCUT2D eigenvalue weighted by Crippen LogP contribution is 2.12. The fourth-order valence-corrected chi connectivity index (χ4v) is 1.70. The normalized spacial score (nSPS) is 23.0. The van der Waals surface area contributed by atoms with E-state index in [0.29, 0.717) is 0 Å². The van der Waals surface area contributed by atoms with Crippen molar-refractivity contribution in [1.29, 1.82) is 0 Å². The Kier molecular flexibility index (Phi) is 2.69. The van der Waals surface area contributed by atoms with Gasteiger partial charge < -0.3 is 19.8 Å². The first kappa shape index (κ1) is 9.05. The maximum atomic E-state index is 10.3. The van der Waals surface area contributed by atoms with E-state index in [2.05, 4.69) is 4.99 Å². The smallest absolute Gasteiger partial charge is 0.0987 e. The number of hydrogen-bond donors (Lipinski definition) is 0. The molecule has 0 aromatic carbocycles. The number of aliphatic imine (C=N–C) groups is 1. The second kappa shape index (κ2) is 3.57.